The van der Waals surface area contributed by atoms with Crippen LogP contribution < -0.4 is 11.1 Å². The number of nitrogens with zero attached hydrogens (tertiary/aromatic N) is 2. The van der Waals surface area contributed by atoms with Crippen LogP contribution in [0, 0.1) is 0 Å². The van der Waals surface area contributed by atoms with Gasteiger partial charge in [0.1, 0.15) is 5.82 Å². The van der Waals surface area contributed by atoms with E-state index in [0.717, 1.165) is 11.5 Å². The summed E-state index contributed by atoms with van der Waals surface area (Å²) in [6, 6.07) is 17.3. The number of carbonyl (C=O) groups is 1. The number of ether oxygens (including phenoxy) is 1. The molecule has 0 fully saturated rings. The van der Waals surface area contributed by atoms with Gasteiger partial charge >= 0.3 is 6.09 Å². The van der Waals surface area contributed by atoms with Crippen molar-refractivity contribution in [2.45, 2.75) is 12.5 Å². The molecule has 3 N–H and O–H groups in total. The van der Waals surface area contributed by atoms with E-state index >= 15 is 0 Å². The van der Waals surface area contributed by atoms with Crippen LogP contribution in [0.25, 0.3) is 5.69 Å². The molecule has 2 aromatic carbocycles. The van der Waals surface area contributed by atoms with Crippen LogP contribution in [0.3, 0.4) is 0 Å². The normalized spacial score (nSPS) is 11.8. The second-order valence-corrected chi connectivity index (χ2v) is 5.62. The number of carbonyl (C=O) groups excluding carboxylic acids is 1. The maximum Gasteiger partial charge on any atom is 0.411 e. The fourth-order valence-corrected chi connectivity index (χ4v) is 2.64. The second kappa shape index (κ2) is 7.63. The zero-order valence-corrected chi connectivity index (χ0v) is 13.9. The summed E-state index contributed by atoms with van der Waals surface area (Å²) in [6.45, 7) is 0. The van der Waals surface area contributed by atoms with Crippen molar-refractivity contribution < 1.29 is 9.53 Å². The predicted molar refractivity (Wildman–Crippen MR) is 96.7 cm³/mol. The number of hydrogen-bond acceptors (Lipinski definition) is 4. The highest BCUT2D eigenvalue weighted by Gasteiger charge is 2.14. The highest BCUT2D eigenvalue weighted by molar-refractivity contribution is 5.84. The van der Waals surface area contributed by atoms with Crippen LogP contribution >= 0.6 is 0 Å². The van der Waals surface area contributed by atoms with E-state index in [0.29, 0.717) is 12.1 Å². The molecule has 0 bridgehead atoms. The molecule has 3 aromatic rings. The van der Waals surface area contributed by atoms with E-state index in [1.165, 1.54) is 12.7 Å². The first kappa shape index (κ1) is 16.7. The molecule has 6 nitrogen and oxygen atoms in total. The van der Waals surface area contributed by atoms with Crippen LogP contribution in [-0.2, 0) is 11.2 Å². The van der Waals surface area contributed by atoms with Crippen molar-refractivity contribution in [3.05, 3.63) is 78.4 Å². The molecule has 1 aromatic heterocycles. The number of methoxy groups -OCH3 is 1. The fourth-order valence-electron chi connectivity index (χ4n) is 2.64. The summed E-state index contributed by atoms with van der Waals surface area (Å²) in [6.07, 6.45) is 3.82. The van der Waals surface area contributed by atoms with Gasteiger partial charge in [0.05, 0.1) is 13.2 Å². The molecule has 25 heavy (non-hydrogen) atoms. The number of hydrogen-bond donors (Lipinski definition) is 2. The van der Waals surface area contributed by atoms with Crippen LogP contribution in [0.4, 0.5) is 10.5 Å². The third-order valence-electron chi connectivity index (χ3n) is 3.88. The van der Waals surface area contributed by atoms with Crippen molar-refractivity contribution in [3.63, 3.8) is 0 Å². The van der Waals surface area contributed by atoms with Gasteiger partial charge in [-0.05, 0) is 36.2 Å². The monoisotopic (exact) mass is 336 g/mol. The molecule has 1 amide bonds. The van der Waals surface area contributed by atoms with Gasteiger partial charge in [0.25, 0.3) is 0 Å². The van der Waals surface area contributed by atoms with E-state index in [2.05, 4.69) is 27.2 Å². The largest absolute Gasteiger partial charge is 0.453 e. The van der Waals surface area contributed by atoms with Crippen LogP contribution in [0.15, 0.2) is 67.0 Å². The number of aromatic nitrogens is 2. The summed E-state index contributed by atoms with van der Waals surface area (Å²) < 4.78 is 6.54. The fraction of sp³-hybridized carbons (Fsp3) is 0.158. The average Bonchev–Trinajstić information content (AvgIpc) is 3.13. The summed E-state index contributed by atoms with van der Waals surface area (Å²) in [7, 11) is 1.33. The maximum absolute atomic E-state index is 11.2. The van der Waals surface area contributed by atoms with Crippen molar-refractivity contribution in [3.8, 4) is 5.69 Å². The molecule has 128 valence electrons. The molecule has 0 aliphatic carbocycles. The van der Waals surface area contributed by atoms with Gasteiger partial charge in [-0.1, -0.05) is 30.3 Å². The van der Waals surface area contributed by atoms with Crippen LogP contribution in [-0.4, -0.2) is 22.8 Å². The minimum absolute atomic E-state index is 0.217. The average molecular weight is 336 g/mol. The third-order valence-corrected chi connectivity index (χ3v) is 3.88. The lowest BCUT2D eigenvalue weighted by atomic mass is 10.1. The Balaban J connectivity index is 1.78. The number of rotatable bonds is 5. The lowest BCUT2D eigenvalue weighted by molar-refractivity contribution is 0.187. The van der Waals surface area contributed by atoms with Crippen molar-refractivity contribution in [1.29, 1.82) is 0 Å². The van der Waals surface area contributed by atoms with Gasteiger partial charge in [-0.2, -0.15) is 0 Å². The molecule has 0 aliphatic rings. The first-order chi connectivity index (χ1) is 12.2. The van der Waals surface area contributed by atoms with E-state index in [1.807, 2.05) is 41.1 Å². The summed E-state index contributed by atoms with van der Waals surface area (Å²) in [5, 5.41) is 2.62. The Morgan fingerprint density at radius 3 is 2.60 bits per heavy atom. The van der Waals surface area contributed by atoms with E-state index in [1.54, 1.807) is 18.3 Å². The van der Waals surface area contributed by atoms with Crippen LogP contribution in [0.1, 0.15) is 17.4 Å². The lowest BCUT2D eigenvalue weighted by Crippen LogP contribution is -2.18. The Labute approximate surface area is 146 Å². The van der Waals surface area contributed by atoms with Gasteiger partial charge in [-0.25, -0.2) is 9.78 Å². The van der Waals surface area contributed by atoms with Gasteiger partial charge in [0, 0.05) is 23.8 Å². The second-order valence-electron chi connectivity index (χ2n) is 5.62. The van der Waals surface area contributed by atoms with E-state index in [9.17, 15) is 4.79 Å². The molecule has 0 unspecified atom stereocenters. The number of benzene rings is 2. The van der Waals surface area contributed by atoms with Crippen LogP contribution in [0.2, 0.25) is 0 Å². The number of anilines is 1. The highest BCUT2D eigenvalue weighted by atomic mass is 16.5. The maximum atomic E-state index is 11.2. The van der Waals surface area contributed by atoms with Gasteiger partial charge in [0.15, 0.2) is 0 Å². The Kier molecular flexibility index (Phi) is 5.11. The van der Waals surface area contributed by atoms with E-state index < -0.39 is 6.09 Å². The van der Waals surface area contributed by atoms with Crippen molar-refractivity contribution in [1.82, 2.24) is 9.55 Å². The molecule has 0 saturated carbocycles. The number of imidazole rings is 1. The molecule has 0 saturated heterocycles. The molecule has 1 heterocycles. The molecule has 1 atom stereocenters. The first-order valence-corrected chi connectivity index (χ1v) is 7.95. The quantitative estimate of drug-likeness (QED) is 0.749. The summed E-state index contributed by atoms with van der Waals surface area (Å²) in [4.78, 5) is 15.7. The van der Waals surface area contributed by atoms with Gasteiger partial charge in [-0.15, -0.1) is 0 Å². The molecule has 3 rings (SSSR count). The third kappa shape index (κ3) is 4.05. The van der Waals surface area contributed by atoms with E-state index in [4.69, 9.17) is 5.73 Å². The standard InChI is InChI=1S/C19H20N4O2/c1-25-19(24)22-15-7-9-16(10-8-15)23-12-11-21-18(23)17(20)13-14-5-3-2-4-6-14/h2-12,17H,13,20H2,1H3,(H,22,24)/t17-/m0/s1. The lowest BCUT2D eigenvalue weighted by Gasteiger charge is -2.15. The number of nitrogens with two attached hydrogens (primary N) is 1. The van der Waals surface area contributed by atoms with Crippen molar-refractivity contribution in [2.75, 3.05) is 12.4 Å². The van der Waals surface area contributed by atoms with Gasteiger partial charge in [-0.3, -0.25) is 5.32 Å². The zero-order chi connectivity index (χ0) is 17.6. The molecular formula is C19H20N4O2. The highest BCUT2D eigenvalue weighted by Crippen LogP contribution is 2.20. The number of amides is 1. The molecular weight excluding hydrogens is 316 g/mol. The Bertz CT molecular complexity index is 828. The minimum atomic E-state index is -0.499. The van der Waals surface area contributed by atoms with Crippen molar-refractivity contribution in [2.24, 2.45) is 5.73 Å². The molecule has 0 radical (unpaired) electrons. The smallest absolute Gasteiger partial charge is 0.411 e. The SMILES string of the molecule is COC(=O)Nc1ccc(-n2ccnc2[C@@H](N)Cc2ccccc2)cc1. The van der Waals surface area contributed by atoms with Crippen molar-refractivity contribution >= 4 is 11.8 Å². The zero-order valence-electron chi connectivity index (χ0n) is 13.9. The predicted octanol–water partition coefficient (Wildman–Crippen LogP) is 3.29. The first-order valence-electron chi connectivity index (χ1n) is 7.95. The van der Waals surface area contributed by atoms with Crippen LogP contribution in [0.5, 0.6) is 0 Å². The van der Waals surface area contributed by atoms with Gasteiger partial charge in [0.2, 0.25) is 0 Å². The topological polar surface area (TPSA) is 82.2 Å². The summed E-state index contributed by atoms with van der Waals surface area (Å²) in [5.74, 6) is 0.789. The Morgan fingerprint density at radius 1 is 1.20 bits per heavy atom. The summed E-state index contributed by atoms with van der Waals surface area (Å²) in [5.41, 5.74) is 9.12. The number of nitrogens with one attached hydrogen (secondary N) is 1. The Hall–Kier alpha value is -3.12. The van der Waals surface area contributed by atoms with Gasteiger partial charge < -0.3 is 15.0 Å². The summed E-state index contributed by atoms with van der Waals surface area (Å²) >= 11 is 0. The minimum Gasteiger partial charge on any atom is -0.453 e. The molecule has 6 heteroatoms. The molecule has 0 spiro atoms. The van der Waals surface area contributed by atoms with E-state index in [-0.39, 0.29) is 6.04 Å². The molecule has 0 aliphatic heterocycles. The Morgan fingerprint density at radius 2 is 1.92 bits per heavy atom.